The van der Waals surface area contributed by atoms with E-state index in [1.807, 2.05) is 0 Å². The van der Waals surface area contributed by atoms with Crippen LogP contribution < -0.4 is 22.1 Å². The zero-order chi connectivity index (χ0) is 24.3. The van der Waals surface area contributed by atoms with Gasteiger partial charge in [0.15, 0.2) is 5.69 Å². The molecule has 1 saturated heterocycles. The van der Waals surface area contributed by atoms with E-state index in [1.54, 1.807) is 0 Å². The molecule has 0 spiro atoms. The topological polar surface area (TPSA) is 133 Å². The van der Waals surface area contributed by atoms with Crippen LogP contribution in [-0.2, 0) is 0 Å². The fourth-order valence-electron chi connectivity index (χ4n) is 3.53. The number of aromatic nitrogens is 1. The van der Waals surface area contributed by atoms with E-state index in [0.717, 1.165) is 29.7 Å². The number of carbonyl (C=O) groups is 1. The standard InChI is InChI=1S/C20H23F4N7OS/c1-28-17(31-6-5-10(26)7-20(23,24)9-31)13(8-25)29-18(32)15-16(27)33-19(30-15)14-11(21)3-2-4-12(14)22/h2-4,8,10,25,28H,5-7,9,26-27H2,1H3,(H,29,32)/b17-13-,25-8?/t10-/m1/s1. The molecule has 1 aliphatic rings. The van der Waals surface area contributed by atoms with Gasteiger partial charge in [-0.25, -0.2) is 22.5 Å². The summed E-state index contributed by atoms with van der Waals surface area (Å²) < 4.78 is 56.6. The highest BCUT2D eigenvalue weighted by Gasteiger charge is 2.38. The fraction of sp³-hybridized carbons (Fsp3) is 0.350. The number of nitrogens with zero attached hydrogens (tertiary/aromatic N) is 2. The Morgan fingerprint density at radius 3 is 2.64 bits per heavy atom. The number of nitrogens with one attached hydrogen (secondary N) is 3. The van der Waals surface area contributed by atoms with Gasteiger partial charge in [0.25, 0.3) is 11.8 Å². The Labute approximate surface area is 191 Å². The summed E-state index contributed by atoms with van der Waals surface area (Å²) >= 11 is 0.717. The molecule has 2 aromatic rings. The highest BCUT2D eigenvalue weighted by molar-refractivity contribution is 7.19. The highest BCUT2D eigenvalue weighted by Crippen LogP contribution is 2.33. The number of rotatable bonds is 6. The number of allylic oxidation sites excluding steroid dienone is 1. The molecule has 7 N–H and O–H groups in total. The van der Waals surface area contributed by atoms with Gasteiger partial charge in [0.1, 0.15) is 27.5 Å². The van der Waals surface area contributed by atoms with Gasteiger partial charge < -0.3 is 32.4 Å². The van der Waals surface area contributed by atoms with E-state index < -0.39 is 48.0 Å². The molecule has 0 saturated carbocycles. The first-order valence-corrected chi connectivity index (χ1v) is 10.7. The van der Waals surface area contributed by atoms with E-state index in [-0.39, 0.29) is 40.2 Å². The molecular weight excluding hydrogens is 462 g/mol. The van der Waals surface area contributed by atoms with Crippen LogP contribution in [0, 0.1) is 17.0 Å². The molecular formula is C20H23F4N7OS. The van der Waals surface area contributed by atoms with Crippen LogP contribution >= 0.6 is 11.3 Å². The zero-order valence-corrected chi connectivity index (χ0v) is 18.4. The van der Waals surface area contributed by atoms with Crippen LogP contribution in [0.15, 0.2) is 29.7 Å². The van der Waals surface area contributed by atoms with Crippen molar-refractivity contribution in [3.05, 3.63) is 47.0 Å². The molecule has 13 heteroatoms. The minimum atomic E-state index is -3.06. The fourth-order valence-corrected chi connectivity index (χ4v) is 4.41. The van der Waals surface area contributed by atoms with E-state index in [0.29, 0.717) is 0 Å². The monoisotopic (exact) mass is 485 g/mol. The molecule has 0 aliphatic carbocycles. The summed E-state index contributed by atoms with van der Waals surface area (Å²) in [6.07, 6.45) is 0.598. The average Bonchev–Trinajstić information content (AvgIpc) is 3.05. The van der Waals surface area contributed by atoms with E-state index in [4.69, 9.17) is 16.9 Å². The minimum Gasteiger partial charge on any atom is -0.389 e. The summed E-state index contributed by atoms with van der Waals surface area (Å²) in [6, 6.07) is 2.60. The Hall–Kier alpha value is -3.19. The highest BCUT2D eigenvalue weighted by atomic mass is 32.1. The Balaban J connectivity index is 1.91. The van der Waals surface area contributed by atoms with Gasteiger partial charge in [0.05, 0.1) is 17.8 Å². The van der Waals surface area contributed by atoms with Gasteiger partial charge in [-0.15, -0.1) is 0 Å². The van der Waals surface area contributed by atoms with Crippen molar-refractivity contribution >= 4 is 28.5 Å². The van der Waals surface area contributed by atoms with Crippen molar-refractivity contribution in [2.45, 2.75) is 24.8 Å². The van der Waals surface area contributed by atoms with E-state index >= 15 is 0 Å². The van der Waals surface area contributed by atoms with Crippen molar-refractivity contribution in [2.75, 3.05) is 25.9 Å². The Bertz CT molecular complexity index is 1070. The van der Waals surface area contributed by atoms with Crippen molar-refractivity contribution in [3.8, 4) is 10.6 Å². The average molecular weight is 486 g/mol. The molecule has 0 unspecified atom stereocenters. The maximum absolute atomic E-state index is 14.2. The first-order valence-electron chi connectivity index (χ1n) is 9.89. The summed E-state index contributed by atoms with van der Waals surface area (Å²) in [5.41, 5.74) is 10.8. The van der Waals surface area contributed by atoms with Crippen LogP contribution in [0.1, 0.15) is 23.3 Å². The van der Waals surface area contributed by atoms with Gasteiger partial charge in [0.2, 0.25) is 0 Å². The number of nitrogen functional groups attached to an aromatic ring is 1. The molecule has 0 bridgehead atoms. The normalized spacial score (nSPS) is 18.8. The summed E-state index contributed by atoms with van der Waals surface area (Å²) in [5, 5.41) is 12.6. The number of hydrogen-bond acceptors (Lipinski definition) is 8. The van der Waals surface area contributed by atoms with Crippen LogP contribution in [0.5, 0.6) is 0 Å². The molecule has 1 aromatic carbocycles. The molecule has 3 rings (SSSR count). The summed E-state index contributed by atoms with van der Waals surface area (Å²) in [5.74, 6) is -5.58. The second-order valence-electron chi connectivity index (χ2n) is 7.47. The Kier molecular flexibility index (Phi) is 7.22. The molecule has 1 atom stereocenters. The van der Waals surface area contributed by atoms with Gasteiger partial charge >= 0.3 is 0 Å². The number of nitrogens with two attached hydrogens (primary N) is 2. The Morgan fingerprint density at radius 1 is 1.36 bits per heavy atom. The van der Waals surface area contributed by atoms with Crippen LogP contribution in [0.4, 0.5) is 22.6 Å². The third kappa shape index (κ3) is 5.42. The van der Waals surface area contributed by atoms with E-state index in [2.05, 4.69) is 15.6 Å². The second kappa shape index (κ2) is 9.75. The van der Waals surface area contributed by atoms with Crippen molar-refractivity contribution in [1.82, 2.24) is 20.5 Å². The molecule has 178 valence electrons. The molecule has 0 radical (unpaired) electrons. The number of halogens is 4. The lowest BCUT2D eigenvalue weighted by molar-refractivity contribution is -0.0268. The number of benzene rings is 1. The summed E-state index contributed by atoms with van der Waals surface area (Å²) in [7, 11) is 1.46. The third-order valence-electron chi connectivity index (χ3n) is 5.00. The van der Waals surface area contributed by atoms with Crippen LogP contribution in [0.25, 0.3) is 10.6 Å². The third-order valence-corrected chi connectivity index (χ3v) is 5.90. The second-order valence-corrected chi connectivity index (χ2v) is 8.50. The molecule has 2 heterocycles. The molecule has 8 nitrogen and oxygen atoms in total. The van der Waals surface area contributed by atoms with Crippen molar-refractivity contribution in [1.29, 1.82) is 5.41 Å². The van der Waals surface area contributed by atoms with Crippen molar-refractivity contribution in [2.24, 2.45) is 5.73 Å². The summed E-state index contributed by atoms with van der Waals surface area (Å²) in [4.78, 5) is 18.1. The first kappa shape index (κ1) is 24.5. The number of thiazole rings is 1. The maximum atomic E-state index is 14.2. The predicted molar refractivity (Wildman–Crippen MR) is 118 cm³/mol. The predicted octanol–water partition coefficient (Wildman–Crippen LogP) is 2.50. The van der Waals surface area contributed by atoms with Crippen molar-refractivity contribution < 1.29 is 22.4 Å². The van der Waals surface area contributed by atoms with Crippen LogP contribution in [0.2, 0.25) is 0 Å². The van der Waals surface area contributed by atoms with Crippen molar-refractivity contribution in [3.63, 3.8) is 0 Å². The number of anilines is 1. The maximum Gasteiger partial charge on any atom is 0.277 e. The minimum absolute atomic E-state index is 0.0845. The summed E-state index contributed by atoms with van der Waals surface area (Å²) in [6.45, 7) is -0.477. The lowest BCUT2D eigenvalue weighted by atomic mass is 10.1. The lowest BCUT2D eigenvalue weighted by Crippen LogP contribution is -2.41. The largest absolute Gasteiger partial charge is 0.389 e. The quantitative estimate of drug-likeness (QED) is 0.315. The number of alkyl halides is 2. The lowest BCUT2D eigenvalue weighted by Gasteiger charge is -2.29. The molecule has 1 fully saturated rings. The van der Waals surface area contributed by atoms with Gasteiger partial charge in [-0.2, -0.15) is 0 Å². The number of amides is 1. The van der Waals surface area contributed by atoms with E-state index in [9.17, 15) is 22.4 Å². The first-order chi connectivity index (χ1) is 15.6. The van der Waals surface area contributed by atoms with Gasteiger partial charge in [0, 0.05) is 32.3 Å². The van der Waals surface area contributed by atoms with Gasteiger partial charge in [-0.3, -0.25) is 4.79 Å². The SMILES string of the molecule is CN/C(=C(\C=N)NC(=O)c1nc(-c2c(F)cccc2F)sc1N)N1CC[C@@H](N)CC(F)(F)C1. The van der Waals surface area contributed by atoms with Crippen LogP contribution in [0.3, 0.4) is 0 Å². The molecule has 1 amide bonds. The van der Waals surface area contributed by atoms with Gasteiger partial charge in [-0.1, -0.05) is 17.4 Å². The zero-order valence-electron chi connectivity index (χ0n) is 17.6. The smallest absolute Gasteiger partial charge is 0.277 e. The number of hydrogen-bond donors (Lipinski definition) is 5. The number of carbonyl (C=O) groups excluding carboxylic acids is 1. The van der Waals surface area contributed by atoms with Crippen LogP contribution in [-0.4, -0.2) is 54.1 Å². The number of likely N-dealkylation sites (tertiary alicyclic amines) is 1. The molecule has 1 aromatic heterocycles. The molecule has 1 aliphatic heterocycles. The van der Waals surface area contributed by atoms with E-state index in [1.165, 1.54) is 18.0 Å². The Morgan fingerprint density at radius 2 is 2.03 bits per heavy atom. The molecule has 33 heavy (non-hydrogen) atoms. The van der Waals surface area contributed by atoms with Gasteiger partial charge in [-0.05, 0) is 18.6 Å².